The molecule has 0 rings (SSSR count). The molecule has 0 aromatic rings. The first kappa shape index (κ1) is 19.6. The Morgan fingerprint density at radius 2 is 1.85 bits per heavy atom. The van der Waals surface area contributed by atoms with Crippen molar-refractivity contribution < 1.29 is 9.59 Å². The van der Waals surface area contributed by atoms with Gasteiger partial charge in [0.25, 0.3) is 0 Å². The molecule has 0 radical (unpaired) electrons. The van der Waals surface area contributed by atoms with E-state index in [1.165, 1.54) is 0 Å². The Hall–Kier alpha value is -0.400. The largest absolute Gasteiger partial charge is 0.368 e. The monoisotopic (exact) mass is 321 g/mol. The van der Waals surface area contributed by atoms with Gasteiger partial charge in [0.05, 0.1) is 0 Å². The van der Waals surface area contributed by atoms with Crippen molar-refractivity contribution in [3.05, 3.63) is 0 Å². The number of amides is 2. The minimum absolute atomic E-state index is 0.110. The first-order chi connectivity index (χ1) is 9.26. The molecule has 0 aliphatic heterocycles. The van der Waals surface area contributed by atoms with E-state index in [4.69, 9.17) is 11.5 Å². The molecule has 0 aliphatic carbocycles. The minimum Gasteiger partial charge on any atom is -0.368 e. The van der Waals surface area contributed by atoms with Crippen molar-refractivity contribution >= 4 is 33.4 Å². The molecule has 0 heterocycles. The summed E-state index contributed by atoms with van der Waals surface area (Å²) in [4.78, 5) is 23.1. The van der Waals surface area contributed by atoms with Gasteiger partial charge in [-0.3, -0.25) is 9.59 Å². The fourth-order valence-corrected chi connectivity index (χ4v) is 3.83. The number of hydrogen-bond donors (Lipinski definition) is 3. The van der Waals surface area contributed by atoms with E-state index in [0.29, 0.717) is 18.7 Å². The second-order valence-corrected chi connectivity index (χ2v) is 8.77. The molecule has 0 bridgehead atoms. The summed E-state index contributed by atoms with van der Waals surface area (Å²) in [5, 5.41) is 2.70. The van der Waals surface area contributed by atoms with Crippen LogP contribution in [0.3, 0.4) is 0 Å². The lowest BCUT2D eigenvalue weighted by Gasteiger charge is -2.19. The second kappa shape index (κ2) is 10.3. The molecule has 0 aromatic heterocycles. The zero-order valence-corrected chi connectivity index (χ0v) is 14.2. The lowest BCUT2D eigenvalue weighted by molar-refractivity contribution is -0.126. The number of carbonyl (C=O) groups is 2. The Morgan fingerprint density at radius 3 is 2.35 bits per heavy atom. The maximum absolute atomic E-state index is 11.7. The predicted octanol–water partition coefficient (Wildman–Crippen LogP) is 1.66. The highest BCUT2D eigenvalue weighted by atomic mass is 33.1. The number of rotatable bonds is 10. The zero-order chi connectivity index (χ0) is 15.6. The van der Waals surface area contributed by atoms with Crippen LogP contribution in [0.4, 0.5) is 0 Å². The predicted molar refractivity (Wildman–Crippen MR) is 88.4 cm³/mol. The van der Waals surface area contributed by atoms with E-state index in [1.54, 1.807) is 21.6 Å². The lowest BCUT2D eigenvalue weighted by atomic mass is 10.2. The van der Waals surface area contributed by atoms with Crippen molar-refractivity contribution in [3.8, 4) is 0 Å². The number of hydrogen-bond acceptors (Lipinski definition) is 5. The van der Waals surface area contributed by atoms with Gasteiger partial charge in [-0.15, -0.1) is 0 Å². The Labute approximate surface area is 129 Å². The summed E-state index contributed by atoms with van der Waals surface area (Å²) in [6.45, 7) is 6.94. The third-order valence-corrected chi connectivity index (χ3v) is 5.68. The Kier molecular flexibility index (Phi) is 10.1. The summed E-state index contributed by atoms with van der Waals surface area (Å²) in [6, 6.07) is -0.600. The number of unbranched alkanes of at least 4 members (excludes halogenated alkanes) is 2. The van der Waals surface area contributed by atoms with Gasteiger partial charge in [-0.05, 0) is 19.4 Å². The number of carbonyl (C=O) groups excluding carboxylic acids is 2. The van der Waals surface area contributed by atoms with Crippen LogP contribution in [-0.4, -0.2) is 34.9 Å². The van der Waals surface area contributed by atoms with E-state index in [0.717, 1.165) is 19.3 Å². The number of primary amides is 1. The number of nitrogens with one attached hydrogen (secondary N) is 1. The van der Waals surface area contributed by atoms with Gasteiger partial charge in [0.1, 0.15) is 6.04 Å². The summed E-state index contributed by atoms with van der Waals surface area (Å²) in [6.07, 6.45) is 3.06. The van der Waals surface area contributed by atoms with Gasteiger partial charge in [0.2, 0.25) is 11.8 Å². The molecule has 0 spiro atoms. The van der Waals surface area contributed by atoms with Crippen LogP contribution in [0.25, 0.3) is 0 Å². The van der Waals surface area contributed by atoms with Crippen LogP contribution in [-0.2, 0) is 9.59 Å². The molecule has 5 N–H and O–H groups in total. The molecule has 1 atom stereocenters. The van der Waals surface area contributed by atoms with Crippen molar-refractivity contribution in [1.82, 2.24) is 5.32 Å². The van der Waals surface area contributed by atoms with E-state index >= 15 is 0 Å². The third kappa shape index (κ3) is 11.4. The molecule has 118 valence electrons. The Morgan fingerprint density at radius 1 is 1.20 bits per heavy atom. The van der Waals surface area contributed by atoms with Crippen LogP contribution in [0, 0.1) is 0 Å². The van der Waals surface area contributed by atoms with Crippen molar-refractivity contribution in [3.63, 3.8) is 0 Å². The zero-order valence-electron chi connectivity index (χ0n) is 12.6. The van der Waals surface area contributed by atoms with E-state index in [-0.39, 0.29) is 10.7 Å². The Bertz CT molecular complexity index is 306. The van der Waals surface area contributed by atoms with Crippen molar-refractivity contribution in [2.45, 2.75) is 57.2 Å². The Balaban J connectivity index is 4.01. The third-order valence-electron chi connectivity index (χ3n) is 2.33. The van der Waals surface area contributed by atoms with E-state index in [9.17, 15) is 9.59 Å². The smallest absolute Gasteiger partial charge is 0.240 e. The van der Waals surface area contributed by atoms with Gasteiger partial charge >= 0.3 is 0 Å². The molecule has 5 nitrogen and oxygen atoms in total. The second-order valence-electron chi connectivity index (χ2n) is 5.60. The first-order valence-corrected chi connectivity index (χ1v) is 9.17. The molecular formula is C13H27N3O2S2. The van der Waals surface area contributed by atoms with Crippen molar-refractivity contribution in [2.24, 2.45) is 11.5 Å². The molecule has 7 heteroatoms. The van der Waals surface area contributed by atoms with E-state index in [1.807, 2.05) is 0 Å². The van der Waals surface area contributed by atoms with Crippen LogP contribution in [0.2, 0.25) is 0 Å². The molecule has 0 aliphatic rings. The molecule has 0 saturated heterocycles. The molecular weight excluding hydrogens is 294 g/mol. The van der Waals surface area contributed by atoms with Gasteiger partial charge in [-0.25, -0.2) is 0 Å². The molecule has 2 amide bonds. The maximum Gasteiger partial charge on any atom is 0.240 e. The summed E-state index contributed by atoms with van der Waals surface area (Å²) in [5.74, 6) is -0.110. The van der Waals surface area contributed by atoms with Crippen molar-refractivity contribution in [2.75, 3.05) is 12.3 Å². The minimum atomic E-state index is -0.600. The SMILES string of the molecule is CC(C)(C)SSCC(NC(=O)CCCCCN)C(N)=O. The highest BCUT2D eigenvalue weighted by Crippen LogP contribution is 2.35. The van der Waals surface area contributed by atoms with Crippen LogP contribution in [0.1, 0.15) is 46.5 Å². The summed E-state index contributed by atoms with van der Waals surface area (Å²) >= 11 is 0. The first-order valence-electron chi connectivity index (χ1n) is 6.85. The molecule has 0 saturated carbocycles. The number of nitrogens with two attached hydrogens (primary N) is 2. The average Bonchev–Trinajstić information content (AvgIpc) is 2.31. The van der Waals surface area contributed by atoms with Gasteiger partial charge in [-0.2, -0.15) is 0 Å². The fourth-order valence-electron chi connectivity index (χ4n) is 1.35. The highest BCUT2D eigenvalue weighted by Gasteiger charge is 2.20. The maximum atomic E-state index is 11.7. The van der Waals surface area contributed by atoms with Crippen molar-refractivity contribution in [1.29, 1.82) is 0 Å². The summed E-state index contributed by atoms with van der Waals surface area (Å²) in [5.41, 5.74) is 10.7. The standard InChI is InChI=1S/C13H27N3O2S2/c1-13(2,3)20-19-9-10(12(15)18)16-11(17)7-5-4-6-8-14/h10H,4-9,14H2,1-3H3,(H2,15,18)(H,16,17). The topological polar surface area (TPSA) is 98.2 Å². The van der Waals surface area contributed by atoms with Gasteiger partial charge in [0, 0.05) is 16.9 Å². The molecule has 0 aromatic carbocycles. The van der Waals surface area contributed by atoms with Crippen LogP contribution >= 0.6 is 21.6 Å². The van der Waals surface area contributed by atoms with Crippen LogP contribution in [0.15, 0.2) is 0 Å². The van der Waals surface area contributed by atoms with Gasteiger partial charge in [0.15, 0.2) is 0 Å². The van der Waals surface area contributed by atoms with E-state index in [2.05, 4.69) is 26.1 Å². The van der Waals surface area contributed by atoms with Crippen LogP contribution < -0.4 is 16.8 Å². The highest BCUT2D eigenvalue weighted by molar-refractivity contribution is 8.77. The lowest BCUT2D eigenvalue weighted by Crippen LogP contribution is -2.46. The molecule has 20 heavy (non-hydrogen) atoms. The van der Waals surface area contributed by atoms with Gasteiger partial charge in [-0.1, -0.05) is 48.8 Å². The van der Waals surface area contributed by atoms with Gasteiger partial charge < -0.3 is 16.8 Å². The summed E-state index contributed by atoms with van der Waals surface area (Å²) in [7, 11) is 3.23. The normalized spacial score (nSPS) is 13.0. The average molecular weight is 322 g/mol. The molecule has 1 unspecified atom stereocenters. The quantitative estimate of drug-likeness (QED) is 0.420. The fraction of sp³-hybridized carbons (Fsp3) is 0.846. The van der Waals surface area contributed by atoms with E-state index < -0.39 is 11.9 Å². The molecule has 0 fully saturated rings. The summed E-state index contributed by atoms with van der Waals surface area (Å²) < 4.78 is 0.110. The van der Waals surface area contributed by atoms with Crippen LogP contribution in [0.5, 0.6) is 0 Å².